The Kier molecular flexibility index (Phi) is 11.7. The number of hydrogen-bond donors (Lipinski definition) is 1. The van der Waals surface area contributed by atoms with E-state index >= 15 is 0 Å². The second-order valence-electron chi connectivity index (χ2n) is 12.7. The van der Waals surface area contributed by atoms with Gasteiger partial charge >= 0.3 is 6.09 Å². The summed E-state index contributed by atoms with van der Waals surface area (Å²) in [6.07, 6.45) is 1.90. The summed E-state index contributed by atoms with van der Waals surface area (Å²) in [6, 6.07) is 17.7. The van der Waals surface area contributed by atoms with Crippen molar-refractivity contribution < 1.29 is 23.8 Å². The highest BCUT2D eigenvalue weighted by Crippen LogP contribution is 2.34. The van der Waals surface area contributed by atoms with Crippen LogP contribution >= 0.6 is 23.2 Å². The minimum atomic E-state index is -0.633. The van der Waals surface area contributed by atoms with Crippen LogP contribution in [0.4, 0.5) is 4.79 Å². The van der Waals surface area contributed by atoms with Crippen LogP contribution in [-0.2, 0) is 22.5 Å². The van der Waals surface area contributed by atoms with Gasteiger partial charge in [0, 0.05) is 19.1 Å². The molecule has 7 nitrogen and oxygen atoms in total. The van der Waals surface area contributed by atoms with Gasteiger partial charge in [-0.2, -0.15) is 0 Å². The van der Waals surface area contributed by atoms with Crippen LogP contribution < -0.4 is 14.8 Å². The molecule has 3 aromatic carbocycles. The zero-order valence-corrected chi connectivity index (χ0v) is 28.6. The molecule has 45 heavy (non-hydrogen) atoms. The van der Waals surface area contributed by atoms with Crippen LogP contribution in [0.25, 0.3) is 0 Å². The first kappa shape index (κ1) is 34.5. The predicted octanol–water partition coefficient (Wildman–Crippen LogP) is 8.25. The van der Waals surface area contributed by atoms with Gasteiger partial charge in [-0.05, 0) is 113 Å². The Morgan fingerprint density at radius 1 is 0.956 bits per heavy atom. The average molecular weight is 656 g/mol. The van der Waals surface area contributed by atoms with E-state index in [0.717, 1.165) is 29.5 Å². The summed E-state index contributed by atoms with van der Waals surface area (Å²) in [5, 5.41) is 3.77. The van der Waals surface area contributed by atoms with Crippen LogP contribution in [0.5, 0.6) is 11.5 Å². The number of benzene rings is 3. The van der Waals surface area contributed by atoms with E-state index < -0.39 is 17.6 Å². The van der Waals surface area contributed by atoms with E-state index in [4.69, 9.17) is 37.4 Å². The Morgan fingerprint density at radius 3 is 2.22 bits per heavy atom. The fraction of sp³-hybridized carbons (Fsp3) is 0.444. The normalized spacial score (nSPS) is 13.6. The Morgan fingerprint density at radius 2 is 1.60 bits per heavy atom. The Labute approximate surface area is 277 Å². The second-order valence-corrected chi connectivity index (χ2v) is 13.6. The van der Waals surface area contributed by atoms with E-state index in [2.05, 4.69) is 31.3 Å². The fourth-order valence-electron chi connectivity index (χ4n) is 5.08. The molecule has 1 atom stereocenters. The molecule has 0 heterocycles. The maximum atomic E-state index is 14.1. The van der Waals surface area contributed by atoms with Crippen LogP contribution in [0.2, 0.25) is 10.0 Å². The van der Waals surface area contributed by atoms with Crippen molar-refractivity contribution in [1.82, 2.24) is 10.2 Å². The van der Waals surface area contributed by atoms with Crippen LogP contribution in [0.3, 0.4) is 0 Å². The van der Waals surface area contributed by atoms with Crippen LogP contribution in [0.1, 0.15) is 61.4 Å². The zero-order valence-electron chi connectivity index (χ0n) is 27.0. The quantitative estimate of drug-likeness (QED) is 0.188. The largest absolute Gasteiger partial charge is 0.490 e. The minimum Gasteiger partial charge on any atom is -0.490 e. The van der Waals surface area contributed by atoms with Gasteiger partial charge in [0.05, 0.1) is 16.0 Å². The molecule has 1 aliphatic carbocycles. The molecule has 1 N–H and O–H groups in total. The SMILES string of the molecule is Cc1cc(Cl)c(OCCOc2ccc(CC(CNC(=O)OC(C)(C)C)C(=O)N(Cc3cccc(C)c3C)C3CC3)cc2)c(Cl)c1. The van der Waals surface area contributed by atoms with Gasteiger partial charge in [0.1, 0.15) is 24.6 Å². The minimum absolute atomic E-state index is 0.0281. The molecular weight excluding hydrogens is 611 g/mol. The molecule has 1 fully saturated rings. The number of amides is 2. The van der Waals surface area contributed by atoms with Gasteiger partial charge < -0.3 is 24.4 Å². The maximum Gasteiger partial charge on any atom is 0.407 e. The number of ether oxygens (including phenoxy) is 3. The molecule has 242 valence electrons. The topological polar surface area (TPSA) is 77.1 Å². The smallest absolute Gasteiger partial charge is 0.407 e. The first-order valence-electron chi connectivity index (χ1n) is 15.4. The van der Waals surface area contributed by atoms with Crippen molar-refractivity contribution in [2.45, 2.75) is 79.0 Å². The van der Waals surface area contributed by atoms with Crippen LogP contribution in [-0.4, -0.2) is 48.3 Å². The van der Waals surface area contributed by atoms with Crippen LogP contribution in [0, 0.1) is 26.7 Å². The molecule has 9 heteroatoms. The summed E-state index contributed by atoms with van der Waals surface area (Å²) in [5.74, 6) is 0.678. The third-order valence-electron chi connectivity index (χ3n) is 7.72. The molecule has 4 rings (SSSR count). The molecule has 0 aromatic heterocycles. The molecule has 2 amide bonds. The lowest BCUT2D eigenvalue weighted by Crippen LogP contribution is -2.44. The molecular formula is C36H44Cl2N2O5. The number of hydrogen-bond acceptors (Lipinski definition) is 5. The molecule has 0 spiro atoms. The third kappa shape index (κ3) is 10.3. The summed E-state index contributed by atoms with van der Waals surface area (Å²) in [7, 11) is 0. The number of nitrogens with zero attached hydrogens (tertiary/aromatic N) is 1. The molecule has 1 unspecified atom stereocenters. The summed E-state index contributed by atoms with van der Waals surface area (Å²) < 4.78 is 17.1. The lowest BCUT2D eigenvalue weighted by molar-refractivity contribution is -0.136. The highest BCUT2D eigenvalue weighted by molar-refractivity contribution is 6.37. The molecule has 0 saturated heterocycles. The van der Waals surface area contributed by atoms with Gasteiger partial charge in [-0.15, -0.1) is 0 Å². The Balaban J connectivity index is 1.41. The molecule has 0 bridgehead atoms. The number of halogens is 2. The number of nitrogens with one attached hydrogen (secondary N) is 1. The van der Waals surface area contributed by atoms with Crippen molar-refractivity contribution >= 4 is 35.2 Å². The summed E-state index contributed by atoms with van der Waals surface area (Å²) >= 11 is 12.5. The third-order valence-corrected chi connectivity index (χ3v) is 8.28. The number of carbonyl (C=O) groups is 2. The number of aryl methyl sites for hydroxylation is 2. The maximum absolute atomic E-state index is 14.1. The number of carbonyl (C=O) groups excluding carboxylic acids is 2. The van der Waals surface area contributed by atoms with Gasteiger partial charge in [-0.3, -0.25) is 4.79 Å². The number of alkyl carbamates (subject to hydrolysis) is 1. The molecule has 1 aliphatic rings. The zero-order chi connectivity index (χ0) is 32.7. The number of rotatable bonds is 13. The Hall–Kier alpha value is -3.42. The van der Waals surface area contributed by atoms with Crippen molar-refractivity contribution in [3.05, 3.63) is 92.5 Å². The van der Waals surface area contributed by atoms with Crippen molar-refractivity contribution in [3.8, 4) is 11.5 Å². The van der Waals surface area contributed by atoms with Crippen molar-refractivity contribution in [3.63, 3.8) is 0 Å². The summed E-state index contributed by atoms with van der Waals surface area (Å²) in [5.41, 5.74) is 4.84. The van der Waals surface area contributed by atoms with E-state index in [1.165, 1.54) is 11.1 Å². The summed E-state index contributed by atoms with van der Waals surface area (Å²) in [6.45, 7) is 12.8. The van der Waals surface area contributed by atoms with E-state index in [1.807, 2.05) is 62.9 Å². The van der Waals surface area contributed by atoms with E-state index in [9.17, 15) is 9.59 Å². The first-order chi connectivity index (χ1) is 21.3. The van der Waals surface area contributed by atoms with E-state index in [1.54, 1.807) is 12.1 Å². The monoisotopic (exact) mass is 654 g/mol. The molecule has 0 aliphatic heterocycles. The van der Waals surface area contributed by atoms with Crippen molar-refractivity contribution in [2.24, 2.45) is 5.92 Å². The van der Waals surface area contributed by atoms with Gasteiger partial charge in [0.2, 0.25) is 5.91 Å². The summed E-state index contributed by atoms with van der Waals surface area (Å²) in [4.78, 5) is 28.7. The molecule has 1 saturated carbocycles. The van der Waals surface area contributed by atoms with Crippen molar-refractivity contribution in [1.29, 1.82) is 0 Å². The molecule has 3 aromatic rings. The van der Waals surface area contributed by atoms with E-state index in [0.29, 0.717) is 41.1 Å². The van der Waals surface area contributed by atoms with E-state index in [-0.39, 0.29) is 25.1 Å². The van der Waals surface area contributed by atoms with Crippen LogP contribution in [0.15, 0.2) is 54.6 Å². The predicted molar refractivity (Wildman–Crippen MR) is 180 cm³/mol. The lowest BCUT2D eigenvalue weighted by atomic mass is 9.96. The fourth-order valence-corrected chi connectivity index (χ4v) is 5.78. The van der Waals surface area contributed by atoms with Gasteiger partial charge in [0.15, 0.2) is 5.75 Å². The highest BCUT2D eigenvalue weighted by Gasteiger charge is 2.36. The second kappa shape index (κ2) is 15.2. The lowest BCUT2D eigenvalue weighted by Gasteiger charge is -2.29. The standard InChI is InChI=1S/C36H44Cl2N2O5/c1-23-18-31(37)33(32(38)19-23)44-17-16-43-30-14-10-26(11-15-30)20-28(21-39-35(42)45-36(4,5)6)34(41)40(29-12-13-29)22-27-9-7-8-24(2)25(27)3/h7-11,14-15,18-19,28-29H,12-13,16-17,20-22H2,1-6H3,(H,39,42). The average Bonchev–Trinajstić information content (AvgIpc) is 3.80. The molecule has 0 radical (unpaired) electrons. The van der Waals surface area contributed by atoms with Gasteiger partial charge in [-0.1, -0.05) is 53.5 Å². The first-order valence-corrected chi connectivity index (χ1v) is 16.2. The van der Waals surface area contributed by atoms with Gasteiger partial charge in [-0.25, -0.2) is 4.79 Å². The van der Waals surface area contributed by atoms with Crippen molar-refractivity contribution in [2.75, 3.05) is 19.8 Å². The Bertz CT molecular complexity index is 1460. The van der Waals surface area contributed by atoms with Gasteiger partial charge in [0.25, 0.3) is 0 Å². The highest BCUT2D eigenvalue weighted by atomic mass is 35.5.